The van der Waals surface area contributed by atoms with Crippen LogP contribution in [0.15, 0.2) is 24.3 Å². The Morgan fingerprint density at radius 2 is 2.20 bits per heavy atom. The fraction of sp³-hybridized carbons (Fsp3) is 0.647. The summed E-state index contributed by atoms with van der Waals surface area (Å²) >= 11 is 0. The summed E-state index contributed by atoms with van der Waals surface area (Å²) < 4.78 is 5.65. The molecule has 0 aliphatic carbocycles. The molecule has 20 heavy (non-hydrogen) atoms. The van der Waals surface area contributed by atoms with E-state index in [-0.39, 0.29) is 0 Å². The zero-order chi connectivity index (χ0) is 13.8. The van der Waals surface area contributed by atoms with Gasteiger partial charge in [-0.1, -0.05) is 24.3 Å². The quantitative estimate of drug-likeness (QED) is 0.891. The van der Waals surface area contributed by atoms with E-state index in [2.05, 4.69) is 41.4 Å². The topological polar surface area (TPSA) is 24.5 Å². The van der Waals surface area contributed by atoms with Crippen LogP contribution in [-0.2, 0) is 17.7 Å². The first-order chi connectivity index (χ1) is 9.83. The summed E-state index contributed by atoms with van der Waals surface area (Å²) in [6, 6.07) is 9.44. The second-order valence-corrected chi connectivity index (χ2v) is 6.13. The van der Waals surface area contributed by atoms with E-state index in [0.29, 0.717) is 12.1 Å². The highest BCUT2D eigenvalue weighted by molar-refractivity contribution is 5.29. The highest BCUT2D eigenvalue weighted by Crippen LogP contribution is 2.20. The molecule has 2 unspecified atom stereocenters. The normalized spacial score (nSPS) is 24.6. The van der Waals surface area contributed by atoms with Crippen molar-refractivity contribution in [1.82, 2.24) is 10.2 Å². The second kappa shape index (κ2) is 6.70. The van der Waals surface area contributed by atoms with Crippen molar-refractivity contribution in [3.63, 3.8) is 0 Å². The van der Waals surface area contributed by atoms with Gasteiger partial charge in [0.15, 0.2) is 0 Å². The van der Waals surface area contributed by atoms with Gasteiger partial charge >= 0.3 is 0 Å². The Hall–Kier alpha value is -0.900. The summed E-state index contributed by atoms with van der Waals surface area (Å²) in [7, 11) is 0. The lowest BCUT2D eigenvalue weighted by atomic mass is 9.99. The van der Waals surface area contributed by atoms with Crippen LogP contribution in [0.4, 0.5) is 0 Å². The van der Waals surface area contributed by atoms with Crippen molar-refractivity contribution < 1.29 is 4.74 Å². The summed E-state index contributed by atoms with van der Waals surface area (Å²) in [6.45, 7) is 7.62. The summed E-state index contributed by atoms with van der Waals surface area (Å²) in [5, 5.41) is 3.58. The van der Waals surface area contributed by atoms with Crippen LogP contribution >= 0.6 is 0 Å². The molecule has 0 radical (unpaired) electrons. The molecule has 0 amide bonds. The van der Waals surface area contributed by atoms with Crippen molar-refractivity contribution in [3.8, 4) is 0 Å². The van der Waals surface area contributed by atoms with E-state index >= 15 is 0 Å². The molecule has 0 spiro atoms. The minimum atomic E-state index is 0.448. The zero-order valence-electron chi connectivity index (χ0n) is 12.5. The Kier molecular flexibility index (Phi) is 4.71. The Balaban J connectivity index is 1.45. The Morgan fingerprint density at radius 3 is 3.00 bits per heavy atom. The summed E-state index contributed by atoms with van der Waals surface area (Å²) in [6.07, 6.45) is 4.08. The molecule has 1 aromatic carbocycles. The average Bonchev–Trinajstić information content (AvgIpc) is 3.00. The van der Waals surface area contributed by atoms with Crippen molar-refractivity contribution >= 4 is 0 Å². The SMILES string of the molecule is CC(CNCC1CCCO1)N1CCc2ccccc2C1. The smallest absolute Gasteiger partial charge is 0.0700 e. The first kappa shape index (κ1) is 14.1. The van der Waals surface area contributed by atoms with Gasteiger partial charge in [-0.25, -0.2) is 0 Å². The molecule has 1 aromatic rings. The number of benzene rings is 1. The highest BCUT2D eigenvalue weighted by atomic mass is 16.5. The van der Waals surface area contributed by atoms with E-state index in [0.717, 1.165) is 26.2 Å². The number of rotatable bonds is 5. The molecule has 2 heterocycles. The van der Waals surface area contributed by atoms with E-state index in [9.17, 15) is 0 Å². The van der Waals surface area contributed by atoms with Crippen LogP contribution < -0.4 is 5.32 Å². The lowest BCUT2D eigenvalue weighted by Gasteiger charge is -2.34. The molecule has 1 N–H and O–H groups in total. The van der Waals surface area contributed by atoms with E-state index in [1.807, 2.05) is 0 Å². The fourth-order valence-electron chi connectivity index (χ4n) is 3.28. The molecule has 2 atom stereocenters. The summed E-state index contributed by atoms with van der Waals surface area (Å²) in [5.41, 5.74) is 3.04. The van der Waals surface area contributed by atoms with E-state index < -0.39 is 0 Å². The molecule has 1 fully saturated rings. The molecule has 3 rings (SSSR count). The number of nitrogens with one attached hydrogen (secondary N) is 1. The first-order valence-electron chi connectivity index (χ1n) is 7.96. The Labute approximate surface area is 122 Å². The third kappa shape index (κ3) is 3.40. The third-order valence-electron chi connectivity index (χ3n) is 4.62. The molecule has 2 aliphatic heterocycles. The summed E-state index contributed by atoms with van der Waals surface area (Å²) in [5.74, 6) is 0. The molecular weight excluding hydrogens is 248 g/mol. The van der Waals surface area contributed by atoms with Gasteiger partial charge in [-0.15, -0.1) is 0 Å². The Bertz CT molecular complexity index is 429. The molecule has 1 saturated heterocycles. The van der Waals surface area contributed by atoms with Crippen LogP contribution in [0.3, 0.4) is 0 Å². The van der Waals surface area contributed by atoms with Crippen molar-refractivity contribution in [2.75, 3.05) is 26.2 Å². The summed E-state index contributed by atoms with van der Waals surface area (Å²) in [4.78, 5) is 2.59. The van der Waals surface area contributed by atoms with E-state index in [1.165, 1.54) is 36.9 Å². The molecule has 0 aromatic heterocycles. The lowest BCUT2D eigenvalue weighted by molar-refractivity contribution is 0.106. The van der Waals surface area contributed by atoms with Crippen molar-refractivity contribution in [2.45, 2.75) is 44.9 Å². The monoisotopic (exact) mass is 274 g/mol. The molecule has 2 aliphatic rings. The number of hydrogen-bond acceptors (Lipinski definition) is 3. The van der Waals surface area contributed by atoms with Crippen LogP contribution in [0.1, 0.15) is 30.9 Å². The Morgan fingerprint density at radius 1 is 1.35 bits per heavy atom. The maximum atomic E-state index is 5.65. The maximum Gasteiger partial charge on any atom is 0.0700 e. The first-order valence-corrected chi connectivity index (χ1v) is 7.96. The van der Waals surface area contributed by atoms with Crippen molar-refractivity contribution in [1.29, 1.82) is 0 Å². The van der Waals surface area contributed by atoms with E-state index in [4.69, 9.17) is 4.74 Å². The molecule has 0 saturated carbocycles. The fourth-order valence-corrected chi connectivity index (χ4v) is 3.28. The lowest BCUT2D eigenvalue weighted by Crippen LogP contribution is -2.44. The highest BCUT2D eigenvalue weighted by Gasteiger charge is 2.21. The third-order valence-corrected chi connectivity index (χ3v) is 4.62. The van der Waals surface area contributed by atoms with Gasteiger partial charge in [0.2, 0.25) is 0 Å². The number of hydrogen-bond donors (Lipinski definition) is 1. The van der Waals surface area contributed by atoms with Gasteiger partial charge < -0.3 is 10.1 Å². The number of fused-ring (bicyclic) bond motifs is 1. The zero-order valence-corrected chi connectivity index (χ0v) is 12.5. The molecule has 0 bridgehead atoms. The van der Waals surface area contributed by atoms with Crippen LogP contribution in [0, 0.1) is 0 Å². The molecular formula is C17H26N2O. The predicted molar refractivity (Wildman–Crippen MR) is 81.9 cm³/mol. The van der Waals surface area contributed by atoms with E-state index in [1.54, 1.807) is 0 Å². The van der Waals surface area contributed by atoms with Gasteiger partial charge in [0.25, 0.3) is 0 Å². The average molecular weight is 274 g/mol. The molecule has 3 heteroatoms. The standard InChI is InChI=1S/C17H26N2O/c1-14(11-18-12-17-7-4-10-20-17)19-9-8-15-5-2-3-6-16(15)13-19/h2-3,5-6,14,17-18H,4,7-13H2,1H3. The maximum absolute atomic E-state index is 5.65. The molecule has 110 valence electrons. The minimum Gasteiger partial charge on any atom is -0.377 e. The van der Waals surface area contributed by atoms with Gasteiger partial charge in [-0.2, -0.15) is 0 Å². The van der Waals surface area contributed by atoms with Crippen LogP contribution in [0.25, 0.3) is 0 Å². The largest absolute Gasteiger partial charge is 0.377 e. The van der Waals surface area contributed by atoms with Crippen molar-refractivity contribution in [2.24, 2.45) is 0 Å². The number of nitrogens with zero attached hydrogens (tertiary/aromatic N) is 1. The van der Waals surface area contributed by atoms with Crippen LogP contribution in [0.5, 0.6) is 0 Å². The van der Waals surface area contributed by atoms with Gasteiger partial charge in [-0.3, -0.25) is 4.90 Å². The number of ether oxygens (including phenoxy) is 1. The van der Waals surface area contributed by atoms with Gasteiger partial charge in [0.05, 0.1) is 6.10 Å². The van der Waals surface area contributed by atoms with Gasteiger partial charge in [-0.05, 0) is 37.3 Å². The van der Waals surface area contributed by atoms with Gasteiger partial charge in [0.1, 0.15) is 0 Å². The van der Waals surface area contributed by atoms with Crippen molar-refractivity contribution in [3.05, 3.63) is 35.4 Å². The molecule has 3 nitrogen and oxygen atoms in total. The second-order valence-electron chi connectivity index (χ2n) is 6.13. The minimum absolute atomic E-state index is 0.448. The van der Waals surface area contributed by atoms with Gasteiger partial charge in [0, 0.05) is 38.8 Å². The predicted octanol–water partition coefficient (Wildman–Crippen LogP) is 2.20. The van der Waals surface area contributed by atoms with Crippen LogP contribution in [0.2, 0.25) is 0 Å². The van der Waals surface area contributed by atoms with Crippen LogP contribution in [-0.4, -0.2) is 43.3 Å².